The van der Waals surface area contributed by atoms with Crippen LogP contribution >= 0.6 is 11.6 Å². The second-order valence-corrected chi connectivity index (χ2v) is 3.54. The van der Waals surface area contributed by atoms with Crippen LogP contribution in [-0.4, -0.2) is 12.0 Å². The molecule has 1 atom stereocenters. The van der Waals surface area contributed by atoms with Crippen molar-refractivity contribution in [2.24, 2.45) is 0 Å². The van der Waals surface area contributed by atoms with E-state index in [0.29, 0.717) is 5.02 Å². The number of nitrogens with one attached hydrogen (secondary N) is 1. The van der Waals surface area contributed by atoms with Gasteiger partial charge in [0, 0.05) is 12.4 Å². The number of nitrogens with zero attached hydrogens (tertiary/aromatic N) is 1. The summed E-state index contributed by atoms with van der Waals surface area (Å²) in [5.74, 6) is 0.839. The average Bonchev–Trinajstić information content (AvgIpc) is 2.75. The highest BCUT2D eigenvalue weighted by Crippen LogP contribution is 2.27. The quantitative estimate of drug-likeness (QED) is 0.868. The summed E-state index contributed by atoms with van der Waals surface area (Å²) < 4.78 is 5.35. The van der Waals surface area contributed by atoms with Gasteiger partial charge in [0.25, 0.3) is 0 Å². The Hall–Kier alpha value is -1.32. The normalized spacial score (nSPS) is 12.7. The van der Waals surface area contributed by atoms with Gasteiger partial charge in [-0.2, -0.15) is 0 Å². The Bertz CT molecular complexity index is 428. The van der Waals surface area contributed by atoms with Crippen molar-refractivity contribution >= 4 is 11.6 Å². The number of halogens is 1. The zero-order chi connectivity index (χ0) is 10.7. The van der Waals surface area contributed by atoms with Crippen LogP contribution in [0.2, 0.25) is 5.02 Å². The summed E-state index contributed by atoms with van der Waals surface area (Å²) >= 11 is 6.07. The number of hydrogen-bond donors (Lipinski definition) is 1. The molecule has 1 unspecified atom stereocenters. The average molecular weight is 223 g/mol. The van der Waals surface area contributed by atoms with Crippen LogP contribution in [0.5, 0.6) is 0 Å². The maximum absolute atomic E-state index is 6.07. The number of furan rings is 1. The number of aromatic nitrogens is 1. The second kappa shape index (κ2) is 4.47. The molecule has 2 heterocycles. The molecule has 3 nitrogen and oxygen atoms in total. The van der Waals surface area contributed by atoms with E-state index in [1.165, 1.54) is 0 Å². The van der Waals surface area contributed by atoms with Crippen molar-refractivity contribution in [3.63, 3.8) is 0 Å². The first-order valence-electron chi connectivity index (χ1n) is 4.63. The maximum atomic E-state index is 6.07. The van der Waals surface area contributed by atoms with Gasteiger partial charge in [0.1, 0.15) is 5.76 Å². The number of hydrogen-bond acceptors (Lipinski definition) is 3. The number of pyridine rings is 1. The van der Waals surface area contributed by atoms with Gasteiger partial charge in [-0.1, -0.05) is 11.6 Å². The topological polar surface area (TPSA) is 38.1 Å². The molecule has 78 valence electrons. The molecule has 0 aliphatic rings. The van der Waals surface area contributed by atoms with E-state index in [0.717, 1.165) is 11.3 Å². The highest BCUT2D eigenvalue weighted by Gasteiger charge is 2.16. The molecule has 2 rings (SSSR count). The summed E-state index contributed by atoms with van der Waals surface area (Å²) in [6.45, 7) is 0. The molecular weight excluding hydrogens is 212 g/mol. The Balaban J connectivity index is 2.40. The predicted molar refractivity (Wildman–Crippen MR) is 58.9 cm³/mol. The van der Waals surface area contributed by atoms with Crippen LogP contribution in [0.4, 0.5) is 0 Å². The highest BCUT2D eigenvalue weighted by molar-refractivity contribution is 6.31. The van der Waals surface area contributed by atoms with Crippen LogP contribution in [0, 0.1) is 0 Å². The Kier molecular flexibility index (Phi) is 3.04. The third-order valence-corrected chi connectivity index (χ3v) is 2.55. The molecule has 0 radical (unpaired) electrons. The summed E-state index contributed by atoms with van der Waals surface area (Å²) in [4.78, 5) is 3.95. The molecule has 4 heteroatoms. The van der Waals surface area contributed by atoms with Gasteiger partial charge in [-0.05, 0) is 30.8 Å². The molecule has 0 bridgehead atoms. The van der Waals surface area contributed by atoms with Gasteiger partial charge in [0.15, 0.2) is 0 Å². The molecule has 0 saturated heterocycles. The van der Waals surface area contributed by atoms with Crippen molar-refractivity contribution in [1.82, 2.24) is 10.3 Å². The Morgan fingerprint density at radius 2 is 2.33 bits per heavy atom. The fraction of sp³-hybridized carbons (Fsp3) is 0.182. The van der Waals surface area contributed by atoms with Gasteiger partial charge in [-0.3, -0.25) is 4.98 Å². The lowest BCUT2D eigenvalue weighted by Gasteiger charge is -2.14. The molecule has 0 amide bonds. The third-order valence-electron chi connectivity index (χ3n) is 2.23. The van der Waals surface area contributed by atoms with E-state index in [1.807, 2.05) is 25.2 Å². The minimum atomic E-state index is -0.0319. The Labute approximate surface area is 93.1 Å². The van der Waals surface area contributed by atoms with E-state index in [2.05, 4.69) is 10.3 Å². The van der Waals surface area contributed by atoms with Crippen molar-refractivity contribution in [2.75, 3.05) is 7.05 Å². The van der Waals surface area contributed by atoms with Crippen LogP contribution < -0.4 is 5.32 Å². The fourth-order valence-corrected chi connectivity index (χ4v) is 1.76. The lowest BCUT2D eigenvalue weighted by molar-refractivity contribution is 0.463. The molecule has 1 N–H and O–H groups in total. The fourth-order valence-electron chi connectivity index (χ4n) is 1.53. The maximum Gasteiger partial charge on any atom is 0.125 e. The van der Waals surface area contributed by atoms with Crippen LogP contribution in [-0.2, 0) is 0 Å². The molecule has 0 saturated carbocycles. The van der Waals surface area contributed by atoms with Gasteiger partial charge in [-0.25, -0.2) is 0 Å². The van der Waals surface area contributed by atoms with Gasteiger partial charge < -0.3 is 9.73 Å². The molecule has 0 spiro atoms. The summed E-state index contributed by atoms with van der Waals surface area (Å²) in [6, 6.07) is 5.62. The molecule has 15 heavy (non-hydrogen) atoms. The minimum absolute atomic E-state index is 0.0319. The summed E-state index contributed by atoms with van der Waals surface area (Å²) in [7, 11) is 1.87. The van der Waals surface area contributed by atoms with Crippen LogP contribution in [0.1, 0.15) is 17.4 Å². The highest BCUT2D eigenvalue weighted by atomic mass is 35.5. The SMILES string of the molecule is CNC(c1ccco1)c1ccncc1Cl. The van der Waals surface area contributed by atoms with E-state index < -0.39 is 0 Å². The van der Waals surface area contributed by atoms with Crippen LogP contribution in [0.15, 0.2) is 41.3 Å². The summed E-state index contributed by atoms with van der Waals surface area (Å²) in [5.41, 5.74) is 0.962. The van der Waals surface area contributed by atoms with Crippen molar-refractivity contribution in [3.8, 4) is 0 Å². The Morgan fingerprint density at radius 3 is 2.93 bits per heavy atom. The predicted octanol–water partition coefficient (Wildman–Crippen LogP) is 2.64. The first kappa shape index (κ1) is 10.2. The van der Waals surface area contributed by atoms with Gasteiger partial charge in [0.2, 0.25) is 0 Å². The van der Waals surface area contributed by atoms with E-state index in [4.69, 9.17) is 16.0 Å². The molecule has 0 aliphatic heterocycles. The zero-order valence-electron chi connectivity index (χ0n) is 8.27. The lowest BCUT2D eigenvalue weighted by Crippen LogP contribution is -2.17. The van der Waals surface area contributed by atoms with Crippen molar-refractivity contribution in [3.05, 3.63) is 53.2 Å². The summed E-state index contributed by atoms with van der Waals surface area (Å²) in [6.07, 6.45) is 4.99. The Morgan fingerprint density at radius 1 is 1.47 bits per heavy atom. The first-order chi connectivity index (χ1) is 7.33. The van der Waals surface area contributed by atoms with Crippen LogP contribution in [0.25, 0.3) is 0 Å². The van der Waals surface area contributed by atoms with Crippen molar-refractivity contribution < 1.29 is 4.42 Å². The van der Waals surface area contributed by atoms with Crippen molar-refractivity contribution in [1.29, 1.82) is 0 Å². The first-order valence-corrected chi connectivity index (χ1v) is 5.01. The molecule has 2 aromatic heterocycles. The van der Waals surface area contributed by atoms with E-state index in [9.17, 15) is 0 Å². The van der Waals surface area contributed by atoms with Gasteiger partial charge in [0.05, 0.1) is 17.3 Å². The smallest absolute Gasteiger partial charge is 0.125 e. The molecule has 2 aromatic rings. The largest absolute Gasteiger partial charge is 0.467 e. The van der Waals surface area contributed by atoms with E-state index >= 15 is 0 Å². The lowest BCUT2D eigenvalue weighted by atomic mass is 10.1. The van der Waals surface area contributed by atoms with Crippen LogP contribution in [0.3, 0.4) is 0 Å². The van der Waals surface area contributed by atoms with Gasteiger partial charge in [-0.15, -0.1) is 0 Å². The number of rotatable bonds is 3. The minimum Gasteiger partial charge on any atom is -0.467 e. The van der Waals surface area contributed by atoms with E-state index in [-0.39, 0.29) is 6.04 Å². The van der Waals surface area contributed by atoms with Crippen molar-refractivity contribution in [2.45, 2.75) is 6.04 Å². The molecular formula is C11H11ClN2O. The second-order valence-electron chi connectivity index (χ2n) is 3.13. The molecule has 0 aromatic carbocycles. The van der Waals surface area contributed by atoms with Gasteiger partial charge >= 0.3 is 0 Å². The summed E-state index contributed by atoms with van der Waals surface area (Å²) in [5, 5.41) is 3.79. The molecule has 0 fully saturated rings. The third kappa shape index (κ3) is 2.03. The van der Waals surface area contributed by atoms with E-state index in [1.54, 1.807) is 18.7 Å². The monoisotopic (exact) mass is 222 g/mol. The zero-order valence-corrected chi connectivity index (χ0v) is 9.03. The standard InChI is InChI=1S/C11H11ClN2O/c1-13-11(10-3-2-6-15-10)8-4-5-14-7-9(8)12/h2-7,11,13H,1H3. The molecule has 0 aliphatic carbocycles.